The van der Waals surface area contributed by atoms with E-state index < -0.39 is 0 Å². The molecule has 1 nitrogen and oxygen atoms in total. The molecule has 0 bridgehead atoms. The van der Waals surface area contributed by atoms with E-state index in [1.165, 1.54) is 49.8 Å². The minimum absolute atomic E-state index is 0.864. The number of benzene rings is 1. The second-order valence-corrected chi connectivity index (χ2v) is 5.37. The van der Waals surface area contributed by atoms with E-state index in [2.05, 4.69) is 36.1 Å². The maximum absolute atomic E-state index is 2.64. The molecular formula is C15H21N. The average Bonchev–Trinajstić information content (AvgIpc) is 2.90. The highest BCUT2D eigenvalue weighted by Crippen LogP contribution is 2.42. The van der Waals surface area contributed by atoms with Gasteiger partial charge in [0.05, 0.1) is 0 Å². The van der Waals surface area contributed by atoms with Gasteiger partial charge in [0.25, 0.3) is 0 Å². The van der Waals surface area contributed by atoms with Crippen LogP contribution in [-0.4, -0.2) is 12.1 Å². The first-order valence-electron chi connectivity index (χ1n) is 6.71. The summed E-state index contributed by atoms with van der Waals surface area (Å²) in [6, 6.07) is 10.8. The van der Waals surface area contributed by atoms with Gasteiger partial charge in [-0.3, -0.25) is 0 Å². The minimum Gasteiger partial charge on any atom is -0.361 e. The van der Waals surface area contributed by atoms with Crippen LogP contribution in [0.5, 0.6) is 0 Å². The fraction of sp³-hybridized carbons (Fsp3) is 0.600. The second kappa shape index (κ2) is 4.12. The number of fused-ring (bicyclic) bond motifs is 1. The Morgan fingerprint density at radius 1 is 0.875 bits per heavy atom. The Balaban J connectivity index is 1.74. The van der Waals surface area contributed by atoms with E-state index in [9.17, 15) is 0 Å². The highest BCUT2D eigenvalue weighted by molar-refractivity contribution is 5.57. The highest BCUT2D eigenvalue weighted by Gasteiger charge is 2.46. The number of hydrogen-bond acceptors (Lipinski definition) is 1. The standard InChI is InChI=1S/C15H21N/c1-12-8-10-13(11-9-12)16-14-6-4-2-3-5-7-15(14)16/h8-11,14-15H,2-7H2,1H3/t14-,15+,16?. The van der Waals surface area contributed by atoms with E-state index in [4.69, 9.17) is 0 Å². The van der Waals surface area contributed by atoms with E-state index >= 15 is 0 Å². The minimum atomic E-state index is 0.864. The van der Waals surface area contributed by atoms with Gasteiger partial charge in [-0.2, -0.15) is 0 Å². The van der Waals surface area contributed by atoms with E-state index in [1.54, 1.807) is 0 Å². The molecule has 16 heavy (non-hydrogen) atoms. The molecule has 1 heterocycles. The molecule has 0 unspecified atom stereocenters. The van der Waals surface area contributed by atoms with Crippen LogP contribution < -0.4 is 4.90 Å². The summed E-state index contributed by atoms with van der Waals surface area (Å²) in [7, 11) is 0. The Hall–Kier alpha value is -0.980. The predicted octanol–water partition coefficient (Wildman–Crippen LogP) is 3.91. The summed E-state index contributed by atoms with van der Waals surface area (Å²) >= 11 is 0. The first kappa shape index (κ1) is 10.2. The molecular weight excluding hydrogens is 194 g/mol. The van der Waals surface area contributed by atoms with E-state index in [0.717, 1.165) is 12.1 Å². The zero-order valence-corrected chi connectivity index (χ0v) is 10.2. The Morgan fingerprint density at radius 3 is 2.00 bits per heavy atom. The maximum atomic E-state index is 2.64. The molecule has 3 rings (SSSR count). The van der Waals surface area contributed by atoms with Crippen molar-refractivity contribution >= 4 is 5.69 Å². The molecule has 2 atom stereocenters. The lowest BCUT2D eigenvalue weighted by molar-refractivity contribution is 0.551. The number of nitrogens with zero attached hydrogens (tertiary/aromatic N) is 1. The first-order chi connectivity index (χ1) is 7.86. The van der Waals surface area contributed by atoms with Crippen LogP contribution in [0, 0.1) is 6.92 Å². The Morgan fingerprint density at radius 2 is 1.44 bits per heavy atom. The number of rotatable bonds is 1. The molecule has 1 aromatic rings. The Labute approximate surface area is 98.5 Å². The van der Waals surface area contributed by atoms with Crippen molar-refractivity contribution in [3.05, 3.63) is 29.8 Å². The third kappa shape index (κ3) is 1.83. The summed E-state index contributed by atoms with van der Waals surface area (Å²) in [4.78, 5) is 2.64. The number of anilines is 1. The molecule has 1 aliphatic heterocycles. The summed E-state index contributed by atoms with van der Waals surface area (Å²) in [6.07, 6.45) is 8.60. The largest absolute Gasteiger partial charge is 0.361 e. The van der Waals surface area contributed by atoms with E-state index in [0.29, 0.717) is 0 Å². The van der Waals surface area contributed by atoms with Gasteiger partial charge in [-0.25, -0.2) is 0 Å². The average molecular weight is 215 g/mol. The van der Waals surface area contributed by atoms with Crippen molar-refractivity contribution < 1.29 is 0 Å². The highest BCUT2D eigenvalue weighted by atomic mass is 15.4. The summed E-state index contributed by atoms with van der Waals surface area (Å²) in [6.45, 7) is 2.16. The molecule has 86 valence electrons. The van der Waals surface area contributed by atoms with Gasteiger partial charge >= 0.3 is 0 Å². The van der Waals surface area contributed by atoms with Gasteiger partial charge < -0.3 is 4.90 Å². The van der Waals surface area contributed by atoms with Crippen molar-refractivity contribution in [3.8, 4) is 0 Å². The monoisotopic (exact) mass is 215 g/mol. The molecule has 0 N–H and O–H groups in total. The zero-order valence-electron chi connectivity index (χ0n) is 10.2. The molecule has 0 aromatic heterocycles. The van der Waals surface area contributed by atoms with Crippen molar-refractivity contribution in [1.29, 1.82) is 0 Å². The summed E-state index contributed by atoms with van der Waals surface area (Å²) < 4.78 is 0. The fourth-order valence-electron chi connectivity index (χ4n) is 3.16. The third-order valence-corrected chi connectivity index (χ3v) is 4.15. The molecule has 0 spiro atoms. The molecule has 1 saturated heterocycles. The summed E-state index contributed by atoms with van der Waals surface area (Å²) in [5.41, 5.74) is 2.81. The Bertz CT molecular complexity index is 340. The van der Waals surface area contributed by atoms with Crippen LogP contribution >= 0.6 is 0 Å². The van der Waals surface area contributed by atoms with Crippen molar-refractivity contribution in [2.75, 3.05) is 4.90 Å². The summed E-state index contributed by atoms with van der Waals surface area (Å²) in [5.74, 6) is 0. The Kier molecular flexibility index (Phi) is 2.62. The topological polar surface area (TPSA) is 3.01 Å². The second-order valence-electron chi connectivity index (χ2n) is 5.37. The van der Waals surface area contributed by atoms with E-state index in [-0.39, 0.29) is 0 Å². The van der Waals surface area contributed by atoms with Crippen LogP contribution in [0.3, 0.4) is 0 Å². The van der Waals surface area contributed by atoms with Crippen LogP contribution in [0.1, 0.15) is 44.1 Å². The van der Waals surface area contributed by atoms with Crippen LogP contribution in [0.2, 0.25) is 0 Å². The fourth-order valence-corrected chi connectivity index (χ4v) is 3.16. The lowest BCUT2D eigenvalue weighted by Crippen LogP contribution is -1.99. The molecule has 2 fully saturated rings. The molecule has 2 aliphatic rings. The quantitative estimate of drug-likeness (QED) is 0.642. The van der Waals surface area contributed by atoms with Gasteiger partial charge in [0.15, 0.2) is 0 Å². The molecule has 1 aromatic carbocycles. The smallest absolute Gasteiger partial charge is 0.0497 e. The maximum Gasteiger partial charge on any atom is 0.0497 e. The van der Waals surface area contributed by atoms with Crippen molar-refractivity contribution in [2.24, 2.45) is 0 Å². The van der Waals surface area contributed by atoms with Gasteiger partial charge in [-0.05, 0) is 31.9 Å². The SMILES string of the molecule is Cc1ccc(N2[C@@H]3CCCCCC[C@@H]32)cc1. The molecule has 0 amide bonds. The normalized spacial score (nSPS) is 29.2. The van der Waals surface area contributed by atoms with Gasteiger partial charge in [-0.15, -0.1) is 0 Å². The summed E-state index contributed by atoms with van der Waals surface area (Å²) in [5, 5.41) is 0. The van der Waals surface area contributed by atoms with E-state index in [1.807, 2.05) is 0 Å². The number of aryl methyl sites for hydroxylation is 1. The van der Waals surface area contributed by atoms with Gasteiger partial charge in [0.2, 0.25) is 0 Å². The predicted molar refractivity (Wildman–Crippen MR) is 68.9 cm³/mol. The van der Waals surface area contributed by atoms with Gasteiger partial charge in [-0.1, -0.05) is 43.4 Å². The van der Waals surface area contributed by atoms with Crippen molar-refractivity contribution in [1.82, 2.24) is 0 Å². The molecule has 0 radical (unpaired) electrons. The zero-order chi connectivity index (χ0) is 11.0. The lowest BCUT2D eigenvalue weighted by atomic mass is 10.0. The lowest BCUT2D eigenvalue weighted by Gasteiger charge is -2.06. The van der Waals surface area contributed by atoms with Crippen molar-refractivity contribution in [3.63, 3.8) is 0 Å². The van der Waals surface area contributed by atoms with Crippen LogP contribution in [0.4, 0.5) is 5.69 Å². The van der Waals surface area contributed by atoms with Gasteiger partial charge in [0, 0.05) is 17.8 Å². The molecule has 1 aliphatic carbocycles. The van der Waals surface area contributed by atoms with Crippen LogP contribution in [0.15, 0.2) is 24.3 Å². The molecule has 1 heteroatoms. The number of hydrogen-bond donors (Lipinski definition) is 0. The van der Waals surface area contributed by atoms with Crippen LogP contribution in [0.25, 0.3) is 0 Å². The molecule has 1 saturated carbocycles. The van der Waals surface area contributed by atoms with Crippen molar-refractivity contribution in [2.45, 2.75) is 57.5 Å². The third-order valence-electron chi connectivity index (χ3n) is 4.15. The first-order valence-corrected chi connectivity index (χ1v) is 6.71. The van der Waals surface area contributed by atoms with Crippen LogP contribution in [-0.2, 0) is 0 Å². The van der Waals surface area contributed by atoms with Gasteiger partial charge in [0.1, 0.15) is 0 Å².